The highest BCUT2D eigenvalue weighted by molar-refractivity contribution is 6.36. The minimum Gasteiger partial charge on any atom is -0.391 e. The van der Waals surface area contributed by atoms with E-state index in [0.717, 1.165) is 35.3 Å². The molecule has 1 fully saturated rings. The Kier molecular flexibility index (Phi) is 3.59. The van der Waals surface area contributed by atoms with E-state index in [1.54, 1.807) is 6.07 Å². The van der Waals surface area contributed by atoms with Crippen LogP contribution in [-0.2, 0) is 4.79 Å². The van der Waals surface area contributed by atoms with E-state index in [9.17, 15) is 9.90 Å². The summed E-state index contributed by atoms with van der Waals surface area (Å²) in [6.45, 7) is 5.37. The maximum Gasteiger partial charge on any atom is 0.255 e. The minimum atomic E-state index is -0.244. The Balaban J connectivity index is 1.67. The Morgan fingerprint density at radius 3 is 2.62 bits per heavy atom. The first-order valence-corrected chi connectivity index (χ1v) is 8.28. The third-order valence-corrected chi connectivity index (χ3v) is 4.97. The number of amides is 1. The van der Waals surface area contributed by atoms with Crippen molar-refractivity contribution in [3.05, 3.63) is 53.6 Å². The van der Waals surface area contributed by atoms with E-state index in [4.69, 9.17) is 11.6 Å². The fourth-order valence-electron chi connectivity index (χ4n) is 3.30. The van der Waals surface area contributed by atoms with Crippen LogP contribution < -0.4 is 10.2 Å². The number of halogens is 1. The molecule has 2 N–H and O–H groups in total. The van der Waals surface area contributed by atoms with Crippen molar-refractivity contribution in [1.29, 1.82) is 0 Å². The zero-order valence-electron chi connectivity index (χ0n) is 13.1. The normalized spacial score (nSPS) is 19.6. The predicted octanol–water partition coefficient (Wildman–Crippen LogP) is 3.54. The molecule has 5 heteroatoms. The lowest BCUT2D eigenvalue weighted by Gasteiger charge is -2.18. The van der Waals surface area contributed by atoms with Crippen LogP contribution in [0.25, 0.3) is 16.7 Å². The first-order valence-electron chi connectivity index (χ1n) is 7.90. The lowest BCUT2D eigenvalue weighted by Crippen LogP contribution is -2.20. The molecule has 4 rings (SSSR count). The summed E-state index contributed by atoms with van der Waals surface area (Å²) < 4.78 is 0. The molecule has 1 amide bonds. The molecule has 0 bridgehead atoms. The molecule has 0 aromatic heterocycles. The van der Waals surface area contributed by atoms with Gasteiger partial charge in [0, 0.05) is 35.5 Å². The topological polar surface area (TPSA) is 52.6 Å². The van der Waals surface area contributed by atoms with Crippen molar-refractivity contribution in [3.8, 4) is 11.1 Å². The lowest BCUT2D eigenvalue weighted by molar-refractivity contribution is -0.110. The van der Waals surface area contributed by atoms with Gasteiger partial charge >= 0.3 is 0 Å². The number of hydrogen-bond acceptors (Lipinski definition) is 3. The number of aliphatic hydroxyl groups is 1. The van der Waals surface area contributed by atoms with Gasteiger partial charge in [-0.1, -0.05) is 30.3 Å². The molecular weight excluding hydrogens is 324 g/mol. The second-order valence-electron chi connectivity index (χ2n) is 6.25. The van der Waals surface area contributed by atoms with Gasteiger partial charge in [-0.15, -0.1) is 0 Å². The molecule has 2 aliphatic rings. The third kappa shape index (κ3) is 2.48. The van der Waals surface area contributed by atoms with Gasteiger partial charge in [-0.3, -0.25) is 4.79 Å². The first kappa shape index (κ1) is 15.2. The summed E-state index contributed by atoms with van der Waals surface area (Å²) in [5, 5.41) is 13.0. The van der Waals surface area contributed by atoms with Crippen molar-refractivity contribution in [1.82, 2.24) is 0 Å². The number of aliphatic hydroxyl groups excluding tert-OH is 1. The number of carbonyl (C=O) groups is 1. The molecule has 2 aromatic carbocycles. The number of rotatable bonds is 2. The standard InChI is InChI=1S/C19H17ClN2O2/c1-11-15-8-16(17(20)9-18(15)21-19(11)24)12-2-4-13(5-3-12)22-7-6-14(23)10-22/h2-5,8-9,14,23H,1,6-7,10H2,(H,21,24). The van der Waals surface area contributed by atoms with Crippen molar-refractivity contribution in [2.75, 3.05) is 23.3 Å². The SMILES string of the molecule is C=C1C(=O)Nc2cc(Cl)c(-c3ccc(N4CCC(O)C4)cc3)cc21. The van der Waals surface area contributed by atoms with E-state index in [0.29, 0.717) is 22.8 Å². The van der Waals surface area contributed by atoms with Crippen LogP contribution in [0.4, 0.5) is 11.4 Å². The van der Waals surface area contributed by atoms with Crippen molar-refractivity contribution < 1.29 is 9.90 Å². The summed E-state index contributed by atoms with van der Waals surface area (Å²) in [6, 6.07) is 11.8. The van der Waals surface area contributed by atoms with Crippen LogP contribution in [-0.4, -0.2) is 30.2 Å². The fourth-order valence-corrected chi connectivity index (χ4v) is 3.57. The molecule has 2 heterocycles. The van der Waals surface area contributed by atoms with Crippen molar-refractivity contribution >= 4 is 34.5 Å². The van der Waals surface area contributed by atoms with Crippen LogP contribution in [0.2, 0.25) is 5.02 Å². The van der Waals surface area contributed by atoms with Gasteiger partial charge in [-0.2, -0.15) is 0 Å². The van der Waals surface area contributed by atoms with Crippen LogP contribution in [0.3, 0.4) is 0 Å². The Morgan fingerprint density at radius 1 is 1.21 bits per heavy atom. The number of anilines is 2. The summed E-state index contributed by atoms with van der Waals surface area (Å²) in [4.78, 5) is 13.9. The van der Waals surface area contributed by atoms with E-state index >= 15 is 0 Å². The summed E-state index contributed by atoms with van der Waals surface area (Å²) in [5.74, 6) is -0.179. The molecule has 0 aliphatic carbocycles. The Morgan fingerprint density at radius 2 is 1.96 bits per heavy atom. The van der Waals surface area contributed by atoms with E-state index in [-0.39, 0.29) is 12.0 Å². The van der Waals surface area contributed by atoms with Crippen LogP contribution in [0.5, 0.6) is 0 Å². The van der Waals surface area contributed by atoms with Gasteiger partial charge in [-0.05, 0) is 36.2 Å². The number of nitrogens with zero attached hydrogens (tertiary/aromatic N) is 1. The number of benzene rings is 2. The van der Waals surface area contributed by atoms with Crippen LogP contribution in [0, 0.1) is 0 Å². The molecular formula is C19H17ClN2O2. The molecule has 0 saturated carbocycles. The second-order valence-corrected chi connectivity index (χ2v) is 6.65. The molecule has 1 unspecified atom stereocenters. The maximum absolute atomic E-state index is 11.7. The molecule has 4 nitrogen and oxygen atoms in total. The Labute approximate surface area is 145 Å². The van der Waals surface area contributed by atoms with Crippen LogP contribution >= 0.6 is 11.6 Å². The fraction of sp³-hybridized carbons (Fsp3) is 0.211. The smallest absolute Gasteiger partial charge is 0.255 e. The van der Waals surface area contributed by atoms with Gasteiger partial charge in [0.15, 0.2) is 0 Å². The van der Waals surface area contributed by atoms with Gasteiger partial charge in [0.1, 0.15) is 0 Å². The number of hydrogen-bond donors (Lipinski definition) is 2. The minimum absolute atomic E-state index is 0.179. The molecule has 24 heavy (non-hydrogen) atoms. The van der Waals surface area contributed by atoms with Gasteiger partial charge in [0.25, 0.3) is 5.91 Å². The predicted molar refractivity (Wildman–Crippen MR) is 97.4 cm³/mol. The van der Waals surface area contributed by atoms with E-state index in [2.05, 4.69) is 16.8 Å². The van der Waals surface area contributed by atoms with E-state index in [1.165, 1.54) is 0 Å². The molecule has 0 spiro atoms. The highest BCUT2D eigenvalue weighted by Crippen LogP contribution is 2.39. The van der Waals surface area contributed by atoms with Crippen molar-refractivity contribution in [2.45, 2.75) is 12.5 Å². The quantitative estimate of drug-likeness (QED) is 0.822. The Bertz CT molecular complexity index is 845. The van der Waals surface area contributed by atoms with Gasteiger partial charge in [0.05, 0.1) is 16.8 Å². The maximum atomic E-state index is 11.7. The van der Waals surface area contributed by atoms with Crippen LogP contribution in [0.1, 0.15) is 12.0 Å². The Hall–Kier alpha value is -2.30. The lowest BCUT2D eigenvalue weighted by atomic mass is 9.99. The highest BCUT2D eigenvalue weighted by Gasteiger charge is 2.24. The second kappa shape index (κ2) is 5.65. The number of carbonyl (C=O) groups excluding carboxylic acids is 1. The van der Waals surface area contributed by atoms with Crippen molar-refractivity contribution in [3.63, 3.8) is 0 Å². The molecule has 122 valence electrons. The molecule has 1 atom stereocenters. The molecule has 1 saturated heterocycles. The number of fused-ring (bicyclic) bond motifs is 1. The summed E-state index contributed by atoms with van der Waals surface area (Å²) in [7, 11) is 0. The van der Waals surface area contributed by atoms with Gasteiger partial charge in [0.2, 0.25) is 0 Å². The zero-order valence-corrected chi connectivity index (χ0v) is 13.8. The average Bonchev–Trinajstić information content (AvgIpc) is 3.11. The average molecular weight is 341 g/mol. The summed E-state index contributed by atoms with van der Waals surface area (Å²) in [6.07, 6.45) is 0.563. The molecule has 2 aromatic rings. The third-order valence-electron chi connectivity index (χ3n) is 4.66. The highest BCUT2D eigenvalue weighted by atomic mass is 35.5. The van der Waals surface area contributed by atoms with Crippen molar-refractivity contribution in [2.24, 2.45) is 0 Å². The van der Waals surface area contributed by atoms with E-state index in [1.807, 2.05) is 30.3 Å². The summed E-state index contributed by atoms with van der Waals surface area (Å²) in [5.41, 5.74) is 4.92. The molecule has 0 radical (unpaired) electrons. The molecule has 2 aliphatic heterocycles. The monoisotopic (exact) mass is 340 g/mol. The summed E-state index contributed by atoms with van der Waals surface area (Å²) >= 11 is 6.40. The van der Waals surface area contributed by atoms with E-state index < -0.39 is 0 Å². The van der Waals surface area contributed by atoms with Gasteiger partial charge < -0.3 is 15.3 Å². The first-order chi connectivity index (χ1) is 11.5. The van der Waals surface area contributed by atoms with Gasteiger partial charge in [-0.25, -0.2) is 0 Å². The van der Waals surface area contributed by atoms with Crippen LogP contribution in [0.15, 0.2) is 43.0 Å². The number of nitrogens with one attached hydrogen (secondary N) is 1. The zero-order chi connectivity index (χ0) is 16.8. The number of β-amino-alcohol motifs (C(OH)–C–C–N with tert-alkyl or cyclic N) is 1. The largest absolute Gasteiger partial charge is 0.391 e.